The number of amides is 1. The molecule has 0 atom stereocenters. The molecule has 3 heteroatoms. The summed E-state index contributed by atoms with van der Waals surface area (Å²) in [7, 11) is 0. The first kappa shape index (κ1) is 11.8. The number of hydrogen-bond acceptors (Lipinski definition) is 1. The lowest BCUT2D eigenvalue weighted by atomic mass is 10.0. The molecule has 1 fully saturated rings. The highest BCUT2D eigenvalue weighted by atomic mass is 35.5. The molecule has 0 saturated heterocycles. The van der Waals surface area contributed by atoms with Crippen molar-refractivity contribution in [2.24, 2.45) is 16.7 Å². The predicted molar refractivity (Wildman–Crippen MR) is 59.4 cm³/mol. The molecule has 0 aromatic rings. The Morgan fingerprint density at radius 2 is 1.79 bits per heavy atom. The minimum atomic E-state index is 0.137. The van der Waals surface area contributed by atoms with Crippen LogP contribution in [-0.2, 0) is 4.79 Å². The molecule has 0 bridgehead atoms. The number of rotatable bonds is 4. The average Bonchev–Trinajstić information content (AvgIpc) is 2.43. The standard InChI is InChI=1S/C11H20ClNO/c1-10(2)8(11(10,3)4)9(14)13-7-5-6-12/h8H,5-7H2,1-4H3,(H,13,14). The van der Waals surface area contributed by atoms with Gasteiger partial charge in [0.15, 0.2) is 0 Å². The summed E-state index contributed by atoms with van der Waals surface area (Å²) in [5.74, 6) is 0.952. The molecule has 0 heterocycles. The molecule has 1 amide bonds. The fourth-order valence-corrected chi connectivity index (χ4v) is 2.37. The van der Waals surface area contributed by atoms with Crippen LogP contribution in [-0.4, -0.2) is 18.3 Å². The number of nitrogens with one attached hydrogen (secondary N) is 1. The maximum absolute atomic E-state index is 11.8. The van der Waals surface area contributed by atoms with Crippen LogP contribution in [0.2, 0.25) is 0 Å². The van der Waals surface area contributed by atoms with Crippen LogP contribution in [0.1, 0.15) is 34.1 Å². The molecule has 82 valence electrons. The Bertz CT molecular complexity index is 221. The van der Waals surface area contributed by atoms with E-state index in [2.05, 4.69) is 33.0 Å². The van der Waals surface area contributed by atoms with E-state index in [9.17, 15) is 4.79 Å². The zero-order valence-electron chi connectivity index (χ0n) is 9.48. The summed E-state index contributed by atoms with van der Waals surface area (Å²) >= 11 is 5.54. The van der Waals surface area contributed by atoms with Gasteiger partial charge in [-0.2, -0.15) is 0 Å². The zero-order chi connectivity index (χ0) is 11.0. The summed E-state index contributed by atoms with van der Waals surface area (Å²) in [6.45, 7) is 9.31. The Balaban J connectivity index is 2.42. The Morgan fingerprint density at radius 3 is 2.14 bits per heavy atom. The molecule has 0 spiro atoms. The molecular weight excluding hydrogens is 198 g/mol. The second-order valence-electron chi connectivity index (χ2n) is 5.21. The molecule has 14 heavy (non-hydrogen) atoms. The molecule has 1 N–H and O–H groups in total. The number of alkyl halides is 1. The van der Waals surface area contributed by atoms with Crippen molar-refractivity contribution in [3.8, 4) is 0 Å². The van der Waals surface area contributed by atoms with Gasteiger partial charge in [-0.15, -0.1) is 11.6 Å². The van der Waals surface area contributed by atoms with Crippen molar-refractivity contribution in [1.29, 1.82) is 0 Å². The van der Waals surface area contributed by atoms with Gasteiger partial charge in [0, 0.05) is 18.3 Å². The van der Waals surface area contributed by atoms with Crippen LogP contribution in [0, 0.1) is 16.7 Å². The lowest BCUT2D eigenvalue weighted by Crippen LogP contribution is -2.28. The first-order valence-electron chi connectivity index (χ1n) is 5.19. The van der Waals surface area contributed by atoms with E-state index in [-0.39, 0.29) is 22.7 Å². The Hall–Kier alpha value is -0.240. The second kappa shape index (κ2) is 3.73. The quantitative estimate of drug-likeness (QED) is 0.569. The van der Waals surface area contributed by atoms with E-state index in [1.54, 1.807) is 0 Å². The smallest absolute Gasteiger partial charge is 0.224 e. The van der Waals surface area contributed by atoms with E-state index in [1.165, 1.54) is 0 Å². The molecule has 0 aromatic carbocycles. The largest absolute Gasteiger partial charge is 0.356 e. The first-order chi connectivity index (χ1) is 6.35. The summed E-state index contributed by atoms with van der Waals surface area (Å²) < 4.78 is 0. The van der Waals surface area contributed by atoms with Crippen molar-refractivity contribution in [2.45, 2.75) is 34.1 Å². The molecule has 0 aliphatic heterocycles. The number of carbonyl (C=O) groups excluding carboxylic acids is 1. The second-order valence-corrected chi connectivity index (χ2v) is 5.59. The van der Waals surface area contributed by atoms with Crippen LogP contribution >= 0.6 is 11.6 Å². The van der Waals surface area contributed by atoms with Gasteiger partial charge in [-0.25, -0.2) is 0 Å². The SMILES string of the molecule is CC1(C)C(C(=O)NCCCCl)C1(C)C. The summed E-state index contributed by atoms with van der Waals surface area (Å²) in [6.07, 6.45) is 0.848. The lowest BCUT2D eigenvalue weighted by Gasteiger charge is -2.04. The van der Waals surface area contributed by atoms with Crippen LogP contribution in [0.25, 0.3) is 0 Å². The summed E-state index contributed by atoms with van der Waals surface area (Å²) in [5, 5.41) is 2.93. The van der Waals surface area contributed by atoms with Crippen LogP contribution in [0.4, 0.5) is 0 Å². The number of carbonyl (C=O) groups is 1. The number of hydrogen-bond donors (Lipinski definition) is 1. The van der Waals surface area contributed by atoms with Crippen molar-refractivity contribution >= 4 is 17.5 Å². The highest BCUT2D eigenvalue weighted by Gasteiger charge is 2.68. The molecule has 1 saturated carbocycles. The highest BCUT2D eigenvalue weighted by Crippen LogP contribution is 2.68. The minimum Gasteiger partial charge on any atom is -0.356 e. The van der Waals surface area contributed by atoms with Crippen LogP contribution in [0.3, 0.4) is 0 Å². The zero-order valence-corrected chi connectivity index (χ0v) is 10.2. The van der Waals surface area contributed by atoms with Gasteiger partial charge in [-0.3, -0.25) is 4.79 Å². The van der Waals surface area contributed by atoms with Crippen molar-refractivity contribution < 1.29 is 4.79 Å². The van der Waals surface area contributed by atoms with E-state index in [4.69, 9.17) is 11.6 Å². The van der Waals surface area contributed by atoms with E-state index < -0.39 is 0 Å². The minimum absolute atomic E-state index is 0.137. The van der Waals surface area contributed by atoms with Gasteiger partial charge in [0.2, 0.25) is 5.91 Å². The van der Waals surface area contributed by atoms with Crippen LogP contribution in [0.5, 0.6) is 0 Å². The van der Waals surface area contributed by atoms with Gasteiger partial charge in [-0.05, 0) is 17.3 Å². The molecule has 1 rings (SSSR count). The van der Waals surface area contributed by atoms with Crippen LogP contribution < -0.4 is 5.32 Å². The fourth-order valence-electron chi connectivity index (χ4n) is 2.23. The molecule has 1 aliphatic carbocycles. The average molecular weight is 218 g/mol. The maximum atomic E-state index is 11.8. The van der Waals surface area contributed by atoms with Gasteiger partial charge >= 0.3 is 0 Å². The third kappa shape index (κ3) is 1.77. The first-order valence-corrected chi connectivity index (χ1v) is 5.73. The van der Waals surface area contributed by atoms with E-state index in [0.29, 0.717) is 12.4 Å². The topological polar surface area (TPSA) is 29.1 Å². The van der Waals surface area contributed by atoms with Gasteiger partial charge < -0.3 is 5.32 Å². The Kier molecular flexibility index (Phi) is 3.15. The molecule has 1 aliphatic rings. The van der Waals surface area contributed by atoms with E-state index >= 15 is 0 Å². The normalized spacial score (nSPS) is 23.2. The summed E-state index contributed by atoms with van der Waals surface area (Å²) in [5.41, 5.74) is 0.274. The third-order valence-corrected chi connectivity index (χ3v) is 4.16. The number of halogens is 1. The van der Waals surface area contributed by atoms with Gasteiger partial charge in [-0.1, -0.05) is 27.7 Å². The monoisotopic (exact) mass is 217 g/mol. The van der Waals surface area contributed by atoms with Gasteiger partial charge in [0.1, 0.15) is 0 Å². The highest BCUT2D eigenvalue weighted by molar-refractivity contribution is 6.17. The van der Waals surface area contributed by atoms with E-state index in [0.717, 1.165) is 6.42 Å². The Morgan fingerprint density at radius 1 is 1.29 bits per heavy atom. The molecular formula is C11H20ClNO. The predicted octanol–water partition coefficient (Wildman–Crippen LogP) is 2.41. The molecule has 0 unspecified atom stereocenters. The van der Waals surface area contributed by atoms with E-state index in [1.807, 2.05) is 0 Å². The molecule has 0 radical (unpaired) electrons. The van der Waals surface area contributed by atoms with Gasteiger partial charge in [0.05, 0.1) is 0 Å². The van der Waals surface area contributed by atoms with Crippen LogP contribution in [0.15, 0.2) is 0 Å². The fraction of sp³-hybridized carbons (Fsp3) is 0.909. The van der Waals surface area contributed by atoms with Crippen molar-refractivity contribution in [1.82, 2.24) is 5.32 Å². The summed E-state index contributed by atoms with van der Waals surface area (Å²) in [6, 6.07) is 0. The van der Waals surface area contributed by atoms with Crippen molar-refractivity contribution in [2.75, 3.05) is 12.4 Å². The molecule has 2 nitrogen and oxygen atoms in total. The van der Waals surface area contributed by atoms with Gasteiger partial charge in [0.25, 0.3) is 0 Å². The Labute approximate surface area is 91.4 Å². The maximum Gasteiger partial charge on any atom is 0.224 e. The van der Waals surface area contributed by atoms with Crippen molar-refractivity contribution in [3.05, 3.63) is 0 Å². The summed E-state index contributed by atoms with van der Waals surface area (Å²) in [4.78, 5) is 11.8. The molecule has 0 aromatic heterocycles. The van der Waals surface area contributed by atoms with Crippen molar-refractivity contribution in [3.63, 3.8) is 0 Å². The lowest BCUT2D eigenvalue weighted by molar-refractivity contribution is -0.123. The third-order valence-electron chi connectivity index (χ3n) is 3.89.